The van der Waals surface area contributed by atoms with Crippen molar-refractivity contribution >= 4 is 16.9 Å². The van der Waals surface area contributed by atoms with Crippen molar-refractivity contribution in [3.63, 3.8) is 0 Å². The van der Waals surface area contributed by atoms with E-state index in [4.69, 9.17) is 11.6 Å². The van der Waals surface area contributed by atoms with Gasteiger partial charge in [0.15, 0.2) is 5.17 Å². The lowest BCUT2D eigenvalue weighted by Crippen LogP contribution is -2.10. The number of aryl methyl sites for hydroxylation is 1. The van der Waals surface area contributed by atoms with Gasteiger partial charge in [-0.2, -0.15) is 5.10 Å². The van der Waals surface area contributed by atoms with Crippen LogP contribution in [-0.4, -0.2) is 15.9 Å². The van der Waals surface area contributed by atoms with Crippen molar-refractivity contribution in [2.45, 2.75) is 6.42 Å². The maximum Gasteiger partial charge on any atom is 0.177 e. The minimum absolute atomic E-state index is 0.420. The van der Waals surface area contributed by atoms with Gasteiger partial charge in [-0.3, -0.25) is 4.98 Å². The normalized spacial score (nSPS) is 11.5. The van der Waals surface area contributed by atoms with E-state index in [1.807, 2.05) is 18.3 Å². The van der Waals surface area contributed by atoms with Crippen LogP contribution in [0.2, 0.25) is 0 Å². The lowest BCUT2D eigenvalue weighted by molar-refractivity contribution is 1.12. The highest BCUT2D eigenvalue weighted by atomic mass is 32.2. The standard InChI is InChI=1S/C8H12N4S/c9-8(12-10)13-5-3-7-2-1-4-11-6-7/h1-2,4,6H,3,5,10H2,(H2,9,12). The predicted molar refractivity (Wildman–Crippen MR) is 56.2 cm³/mol. The Morgan fingerprint density at radius 3 is 3.08 bits per heavy atom. The number of pyridine rings is 1. The van der Waals surface area contributed by atoms with Crippen LogP contribution in [0.25, 0.3) is 0 Å². The molecule has 0 aliphatic rings. The zero-order valence-electron chi connectivity index (χ0n) is 7.18. The highest BCUT2D eigenvalue weighted by Crippen LogP contribution is 2.04. The first kappa shape index (κ1) is 9.85. The molecule has 70 valence electrons. The molecule has 0 atom stereocenters. The predicted octanol–water partition coefficient (Wildman–Crippen LogP) is 0.546. The molecule has 0 unspecified atom stereocenters. The Kier molecular flexibility index (Phi) is 4.11. The van der Waals surface area contributed by atoms with Gasteiger partial charge < -0.3 is 11.6 Å². The van der Waals surface area contributed by atoms with Gasteiger partial charge in [-0.05, 0) is 18.1 Å². The Hall–Kier alpha value is -1.23. The smallest absolute Gasteiger partial charge is 0.177 e. The topological polar surface area (TPSA) is 77.3 Å². The number of nitrogens with zero attached hydrogens (tertiary/aromatic N) is 2. The van der Waals surface area contributed by atoms with Crippen molar-refractivity contribution in [1.82, 2.24) is 4.98 Å². The highest BCUT2D eigenvalue weighted by Gasteiger charge is 1.95. The third-order valence-corrected chi connectivity index (χ3v) is 2.30. The number of nitrogens with two attached hydrogens (primary N) is 2. The Morgan fingerprint density at radius 1 is 1.62 bits per heavy atom. The molecule has 13 heavy (non-hydrogen) atoms. The van der Waals surface area contributed by atoms with Crippen LogP contribution in [0.15, 0.2) is 29.6 Å². The number of hydrogen-bond donors (Lipinski definition) is 2. The Labute approximate surface area is 81.4 Å². The molecule has 0 amide bonds. The summed E-state index contributed by atoms with van der Waals surface area (Å²) in [5.74, 6) is 5.85. The number of hydrogen-bond acceptors (Lipinski definition) is 4. The molecule has 1 aromatic heterocycles. The number of aromatic nitrogens is 1. The largest absolute Gasteiger partial charge is 0.377 e. The molecule has 1 heterocycles. The third kappa shape index (κ3) is 3.80. The molecule has 0 saturated heterocycles. The van der Waals surface area contributed by atoms with E-state index in [2.05, 4.69) is 10.1 Å². The average molecular weight is 196 g/mol. The molecule has 0 bridgehead atoms. The zero-order valence-corrected chi connectivity index (χ0v) is 8.00. The number of thioether (sulfide) groups is 1. The fourth-order valence-corrected chi connectivity index (χ4v) is 1.48. The van der Waals surface area contributed by atoms with E-state index in [0.29, 0.717) is 5.17 Å². The van der Waals surface area contributed by atoms with Gasteiger partial charge in [0.1, 0.15) is 0 Å². The average Bonchev–Trinajstić information content (AvgIpc) is 2.19. The minimum Gasteiger partial charge on any atom is -0.377 e. The molecule has 4 nitrogen and oxygen atoms in total. The first-order chi connectivity index (χ1) is 6.33. The van der Waals surface area contributed by atoms with Crippen molar-refractivity contribution < 1.29 is 0 Å². The number of rotatable bonds is 3. The SMILES string of the molecule is NN=C(N)SCCc1cccnc1. The zero-order chi connectivity index (χ0) is 9.52. The molecule has 0 aliphatic heterocycles. The van der Waals surface area contributed by atoms with Crippen LogP contribution in [-0.2, 0) is 6.42 Å². The maximum atomic E-state index is 5.41. The van der Waals surface area contributed by atoms with Crippen molar-refractivity contribution in [2.24, 2.45) is 16.7 Å². The fourth-order valence-electron chi connectivity index (χ4n) is 0.857. The van der Waals surface area contributed by atoms with E-state index in [9.17, 15) is 0 Å². The summed E-state index contributed by atoms with van der Waals surface area (Å²) in [6.07, 6.45) is 4.53. The second-order valence-corrected chi connectivity index (χ2v) is 3.54. The van der Waals surface area contributed by atoms with E-state index >= 15 is 0 Å². The van der Waals surface area contributed by atoms with Crippen LogP contribution < -0.4 is 11.6 Å². The van der Waals surface area contributed by atoms with Crippen molar-refractivity contribution in [1.29, 1.82) is 0 Å². The highest BCUT2D eigenvalue weighted by molar-refractivity contribution is 8.13. The third-order valence-electron chi connectivity index (χ3n) is 1.49. The molecule has 0 radical (unpaired) electrons. The van der Waals surface area contributed by atoms with Crippen LogP contribution in [0.1, 0.15) is 5.56 Å². The van der Waals surface area contributed by atoms with Gasteiger partial charge in [-0.25, -0.2) is 0 Å². The summed E-state index contributed by atoms with van der Waals surface area (Å²) in [5, 5.41) is 3.78. The van der Waals surface area contributed by atoms with Crippen molar-refractivity contribution in [2.75, 3.05) is 5.75 Å². The fraction of sp³-hybridized carbons (Fsp3) is 0.250. The van der Waals surface area contributed by atoms with Gasteiger partial charge in [-0.15, -0.1) is 0 Å². The van der Waals surface area contributed by atoms with Crippen LogP contribution in [0.5, 0.6) is 0 Å². The first-order valence-electron chi connectivity index (χ1n) is 3.88. The Morgan fingerprint density at radius 2 is 2.46 bits per heavy atom. The molecule has 1 aromatic rings. The summed E-state index contributed by atoms with van der Waals surface area (Å²) in [6.45, 7) is 0. The second-order valence-electron chi connectivity index (χ2n) is 2.43. The van der Waals surface area contributed by atoms with E-state index in [0.717, 1.165) is 12.2 Å². The van der Waals surface area contributed by atoms with Gasteiger partial charge in [0.25, 0.3) is 0 Å². The molecule has 0 aliphatic carbocycles. The lowest BCUT2D eigenvalue weighted by atomic mass is 10.2. The van der Waals surface area contributed by atoms with E-state index in [1.165, 1.54) is 17.3 Å². The van der Waals surface area contributed by atoms with Crippen LogP contribution >= 0.6 is 11.8 Å². The molecule has 1 rings (SSSR count). The summed E-state index contributed by atoms with van der Waals surface area (Å²) < 4.78 is 0. The molecular weight excluding hydrogens is 184 g/mol. The summed E-state index contributed by atoms with van der Waals surface area (Å²) in [5.41, 5.74) is 6.60. The molecule has 0 aromatic carbocycles. The Bertz CT molecular complexity index is 273. The summed E-state index contributed by atoms with van der Waals surface area (Å²) in [7, 11) is 0. The molecule has 4 N–H and O–H groups in total. The Balaban J connectivity index is 2.28. The molecule has 0 saturated carbocycles. The van der Waals surface area contributed by atoms with Crippen LogP contribution in [0, 0.1) is 0 Å². The van der Waals surface area contributed by atoms with Crippen LogP contribution in [0.3, 0.4) is 0 Å². The second kappa shape index (κ2) is 5.42. The van der Waals surface area contributed by atoms with Gasteiger partial charge in [0.05, 0.1) is 0 Å². The van der Waals surface area contributed by atoms with Gasteiger partial charge in [0, 0.05) is 18.1 Å². The van der Waals surface area contributed by atoms with Crippen LogP contribution in [0.4, 0.5) is 0 Å². The monoisotopic (exact) mass is 196 g/mol. The molecule has 0 spiro atoms. The summed E-state index contributed by atoms with van der Waals surface area (Å²) in [4.78, 5) is 4.01. The van der Waals surface area contributed by atoms with E-state index in [1.54, 1.807) is 6.20 Å². The van der Waals surface area contributed by atoms with E-state index in [-0.39, 0.29) is 0 Å². The minimum atomic E-state index is 0.420. The number of hydrazone groups is 1. The molecule has 0 fully saturated rings. The maximum absolute atomic E-state index is 5.41. The van der Waals surface area contributed by atoms with Gasteiger partial charge in [0.2, 0.25) is 0 Å². The van der Waals surface area contributed by atoms with Gasteiger partial charge >= 0.3 is 0 Å². The van der Waals surface area contributed by atoms with Crippen molar-refractivity contribution in [3.8, 4) is 0 Å². The quantitative estimate of drug-likeness (QED) is 0.320. The number of amidine groups is 1. The lowest BCUT2D eigenvalue weighted by Gasteiger charge is -1.99. The van der Waals surface area contributed by atoms with Crippen molar-refractivity contribution in [3.05, 3.63) is 30.1 Å². The molecular formula is C8H12N4S. The van der Waals surface area contributed by atoms with E-state index < -0.39 is 0 Å². The summed E-state index contributed by atoms with van der Waals surface area (Å²) in [6, 6.07) is 3.95. The van der Waals surface area contributed by atoms with Gasteiger partial charge in [-0.1, -0.05) is 17.8 Å². The summed E-state index contributed by atoms with van der Waals surface area (Å²) >= 11 is 1.45. The molecule has 5 heteroatoms. The first-order valence-corrected chi connectivity index (χ1v) is 4.86.